The number of amides is 1. The van der Waals surface area contributed by atoms with Crippen LogP contribution in [-0.4, -0.2) is 28.4 Å². The molecule has 2 N–H and O–H groups in total. The minimum atomic E-state index is -0.538. The van der Waals surface area contributed by atoms with E-state index in [1.807, 2.05) is 31.2 Å². The number of rotatable bonds is 6. The summed E-state index contributed by atoms with van der Waals surface area (Å²) in [6.45, 7) is 1.74. The van der Waals surface area contributed by atoms with Crippen molar-refractivity contribution in [1.29, 1.82) is 0 Å². The molecule has 0 aliphatic rings. The first-order chi connectivity index (χ1) is 13.8. The highest BCUT2D eigenvalue weighted by Crippen LogP contribution is 2.28. The van der Waals surface area contributed by atoms with Gasteiger partial charge in [0.25, 0.3) is 11.5 Å². The molecule has 29 heavy (non-hydrogen) atoms. The molecule has 0 unspecified atom stereocenters. The summed E-state index contributed by atoms with van der Waals surface area (Å²) in [4.78, 5) is 28.5. The number of aromatic nitrogens is 2. The summed E-state index contributed by atoms with van der Waals surface area (Å²) in [5.74, 6) is 0.627. The fourth-order valence-electron chi connectivity index (χ4n) is 2.60. The summed E-state index contributed by atoms with van der Waals surface area (Å²) in [5, 5.41) is 4.89. The van der Waals surface area contributed by atoms with E-state index in [0.29, 0.717) is 28.9 Å². The topological polar surface area (TPSA) is 99.6 Å². The lowest BCUT2D eigenvalue weighted by Gasteiger charge is -2.10. The molecule has 1 aromatic heterocycles. The van der Waals surface area contributed by atoms with Crippen LogP contribution in [0.2, 0.25) is 0 Å². The summed E-state index contributed by atoms with van der Waals surface area (Å²) >= 11 is 7.63. The molecule has 0 aliphatic heterocycles. The number of ether oxygens (including phenoxy) is 1. The number of aryl methyl sites for hydroxylation is 1. The first-order valence-electron chi connectivity index (χ1n) is 8.45. The maximum absolute atomic E-state index is 12.9. The van der Waals surface area contributed by atoms with Crippen LogP contribution in [0.25, 0.3) is 10.9 Å². The highest BCUT2D eigenvalue weighted by atomic mass is 127. The van der Waals surface area contributed by atoms with Gasteiger partial charge in [-0.05, 0) is 81.1 Å². The van der Waals surface area contributed by atoms with E-state index in [1.54, 1.807) is 12.3 Å². The Bertz CT molecular complexity index is 1170. The van der Waals surface area contributed by atoms with Gasteiger partial charge in [-0.2, -0.15) is 9.78 Å². The largest absolute Gasteiger partial charge is 0.482 e. The van der Waals surface area contributed by atoms with Crippen molar-refractivity contribution in [2.45, 2.75) is 13.3 Å². The van der Waals surface area contributed by atoms with Crippen LogP contribution in [-0.2, 0) is 11.2 Å². The van der Waals surface area contributed by atoms with Gasteiger partial charge in [-0.15, -0.1) is 0 Å². The Kier molecular flexibility index (Phi) is 7.27. The number of halogens is 3. The predicted molar refractivity (Wildman–Crippen MR) is 133 cm³/mol. The zero-order valence-corrected chi connectivity index (χ0v) is 21.1. The Balaban J connectivity index is 2.01. The first-order valence-corrected chi connectivity index (χ1v) is 11.4. The molecule has 0 bridgehead atoms. The van der Waals surface area contributed by atoms with Gasteiger partial charge in [0, 0.05) is 10.9 Å². The highest BCUT2D eigenvalue weighted by molar-refractivity contribution is 14.1. The van der Waals surface area contributed by atoms with E-state index in [-0.39, 0.29) is 12.2 Å². The number of hydrogen-bond acceptors (Lipinski definition) is 5. The van der Waals surface area contributed by atoms with Crippen molar-refractivity contribution in [3.05, 3.63) is 63.7 Å². The summed E-state index contributed by atoms with van der Waals surface area (Å²) < 4.78 is 9.20. The molecule has 1 heterocycles. The van der Waals surface area contributed by atoms with Crippen molar-refractivity contribution in [2.75, 3.05) is 6.61 Å². The fraction of sp³-hybridized carbons (Fsp3) is 0.158. The van der Waals surface area contributed by atoms with Crippen LogP contribution in [0.4, 0.5) is 0 Å². The van der Waals surface area contributed by atoms with Gasteiger partial charge in [0.2, 0.25) is 0 Å². The SMILES string of the molecule is CCc1nc2ccc(Br)cc2c(=O)n1N=Cc1cc(I)c(OCC(N)=O)c(I)c1. The predicted octanol–water partition coefficient (Wildman–Crippen LogP) is 3.68. The highest BCUT2D eigenvalue weighted by Gasteiger charge is 2.11. The summed E-state index contributed by atoms with van der Waals surface area (Å²) in [7, 11) is 0. The lowest BCUT2D eigenvalue weighted by molar-refractivity contribution is -0.119. The van der Waals surface area contributed by atoms with Crippen LogP contribution in [0.5, 0.6) is 5.75 Å². The van der Waals surface area contributed by atoms with Crippen molar-refractivity contribution in [3.8, 4) is 5.75 Å². The average Bonchev–Trinajstić information content (AvgIpc) is 2.66. The van der Waals surface area contributed by atoms with E-state index in [0.717, 1.165) is 17.2 Å². The molecular weight excluding hydrogens is 666 g/mol. The number of nitrogens with two attached hydrogens (primary N) is 1. The number of benzene rings is 2. The maximum atomic E-state index is 12.9. The zero-order valence-electron chi connectivity index (χ0n) is 15.2. The minimum absolute atomic E-state index is 0.187. The minimum Gasteiger partial charge on any atom is -0.482 e. The molecule has 7 nitrogen and oxygen atoms in total. The monoisotopic (exact) mass is 680 g/mol. The van der Waals surface area contributed by atoms with Gasteiger partial charge < -0.3 is 10.5 Å². The number of fused-ring (bicyclic) bond motifs is 1. The molecule has 0 spiro atoms. The molecule has 0 fully saturated rings. The van der Waals surface area contributed by atoms with Crippen molar-refractivity contribution in [3.63, 3.8) is 0 Å². The summed E-state index contributed by atoms with van der Waals surface area (Å²) in [5.41, 5.74) is 6.34. The molecule has 0 saturated carbocycles. The Hall–Kier alpha value is -1.54. The number of carbonyl (C=O) groups excluding carboxylic acids is 1. The molecule has 1 amide bonds. The average molecular weight is 681 g/mol. The van der Waals surface area contributed by atoms with Crippen LogP contribution in [0, 0.1) is 7.14 Å². The van der Waals surface area contributed by atoms with Gasteiger partial charge >= 0.3 is 0 Å². The van der Waals surface area contributed by atoms with Gasteiger partial charge in [-0.1, -0.05) is 22.9 Å². The molecule has 3 rings (SSSR count). The van der Waals surface area contributed by atoms with Gasteiger partial charge in [-0.25, -0.2) is 4.98 Å². The van der Waals surface area contributed by atoms with Crippen LogP contribution >= 0.6 is 61.1 Å². The van der Waals surface area contributed by atoms with Gasteiger partial charge in [0.1, 0.15) is 11.6 Å². The van der Waals surface area contributed by atoms with Gasteiger partial charge in [0.05, 0.1) is 24.3 Å². The molecule has 0 radical (unpaired) electrons. The van der Waals surface area contributed by atoms with E-state index in [4.69, 9.17) is 10.5 Å². The van der Waals surface area contributed by atoms with Gasteiger partial charge in [0.15, 0.2) is 6.61 Å². The third-order valence-corrected chi connectivity index (χ3v) is 5.99. The molecule has 10 heteroatoms. The van der Waals surface area contributed by atoms with E-state index < -0.39 is 5.91 Å². The van der Waals surface area contributed by atoms with Gasteiger partial charge in [-0.3, -0.25) is 9.59 Å². The Labute approximate surface area is 202 Å². The quantitative estimate of drug-likeness (QED) is 0.317. The smallest absolute Gasteiger partial charge is 0.282 e. The first kappa shape index (κ1) is 22.2. The molecular formula is C19H15BrI2N4O3. The number of hydrogen-bond donors (Lipinski definition) is 1. The number of nitrogens with zero attached hydrogens (tertiary/aromatic N) is 3. The Morgan fingerprint density at radius 1 is 1.31 bits per heavy atom. The molecule has 0 atom stereocenters. The number of primary amides is 1. The fourth-order valence-corrected chi connectivity index (χ4v) is 5.09. The lowest BCUT2D eigenvalue weighted by atomic mass is 10.2. The van der Waals surface area contributed by atoms with Crippen molar-refractivity contribution < 1.29 is 9.53 Å². The number of carbonyl (C=O) groups is 1. The normalized spacial score (nSPS) is 11.3. The molecule has 2 aromatic carbocycles. The molecule has 0 aliphatic carbocycles. The third kappa shape index (κ3) is 5.15. The van der Waals surface area contributed by atoms with Crippen LogP contribution < -0.4 is 16.0 Å². The maximum Gasteiger partial charge on any atom is 0.282 e. The van der Waals surface area contributed by atoms with Crippen molar-refractivity contribution in [1.82, 2.24) is 9.66 Å². The third-order valence-electron chi connectivity index (χ3n) is 3.89. The van der Waals surface area contributed by atoms with Crippen molar-refractivity contribution in [2.24, 2.45) is 10.8 Å². The standard InChI is InChI=1S/C19H15BrI2N4O3/c1-2-17-25-15-4-3-11(20)7-12(15)19(28)26(17)24-8-10-5-13(21)18(14(22)6-10)29-9-16(23)27/h3-8H,2,9H2,1H3,(H2,23,27). The van der Waals surface area contributed by atoms with E-state index in [2.05, 4.69) is 71.2 Å². The zero-order chi connectivity index (χ0) is 21.1. The summed E-state index contributed by atoms with van der Waals surface area (Å²) in [6, 6.07) is 9.11. The van der Waals surface area contributed by atoms with Crippen LogP contribution in [0.1, 0.15) is 18.3 Å². The summed E-state index contributed by atoms with van der Waals surface area (Å²) in [6.07, 6.45) is 2.17. The molecule has 150 valence electrons. The molecule has 3 aromatic rings. The van der Waals surface area contributed by atoms with E-state index in [1.165, 1.54) is 4.68 Å². The lowest BCUT2D eigenvalue weighted by Crippen LogP contribution is -2.22. The van der Waals surface area contributed by atoms with Crippen LogP contribution in [0.15, 0.2) is 44.7 Å². The van der Waals surface area contributed by atoms with E-state index >= 15 is 0 Å². The Morgan fingerprint density at radius 2 is 2.00 bits per heavy atom. The second-order valence-electron chi connectivity index (χ2n) is 5.97. The Morgan fingerprint density at radius 3 is 2.62 bits per heavy atom. The molecule has 0 saturated heterocycles. The van der Waals surface area contributed by atoms with Crippen molar-refractivity contribution >= 4 is 84.1 Å². The van der Waals surface area contributed by atoms with Crippen LogP contribution in [0.3, 0.4) is 0 Å². The second kappa shape index (κ2) is 9.51. The second-order valence-corrected chi connectivity index (χ2v) is 9.21. The van der Waals surface area contributed by atoms with E-state index in [9.17, 15) is 9.59 Å².